The third-order valence-corrected chi connectivity index (χ3v) is 1.79. The third-order valence-electron chi connectivity index (χ3n) is 1.79. The fourth-order valence-corrected chi connectivity index (χ4v) is 1.15. The minimum atomic E-state index is 0.774. The monoisotopic (exact) mass is 149 g/mol. The third kappa shape index (κ3) is 2.13. The Morgan fingerprint density at radius 2 is 2.55 bits per heavy atom. The molecule has 58 valence electrons. The van der Waals surface area contributed by atoms with Crippen LogP contribution in [0.3, 0.4) is 0 Å². The maximum atomic E-state index is 8.17. The molecule has 11 heavy (non-hydrogen) atoms. The fraction of sp³-hybridized carbons (Fsp3) is 0.500. The highest BCUT2D eigenvalue weighted by atomic mass is 15.1. The molecule has 0 amide bonds. The van der Waals surface area contributed by atoms with Gasteiger partial charge in [0.15, 0.2) is 0 Å². The van der Waals surface area contributed by atoms with E-state index in [1.807, 2.05) is 12.2 Å². The van der Waals surface area contributed by atoms with Crippen LogP contribution in [-0.2, 0) is 0 Å². The average molecular weight is 149 g/mol. The van der Waals surface area contributed by atoms with Crippen molar-refractivity contribution in [2.75, 3.05) is 0 Å². The quantitative estimate of drug-likeness (QED) is 0.328. The molecule has 0 radical (unpaired) electrons. The molecule has 1 aliphatic carbocycles. The van der Waals surface area contributed by atoms with E-state index in [0.717, 1.165) is 25.0 Å². The second-order valence-corrected chi connectivity index (χ2v) is 2.51. The standard InChI is InChI=1S/C8H11N3/c1-2-7-4-3-5-8(6-7)10-11-9/h5-6H,2-4H2,1H3. The van der Waals surface area contributed by atoms with Crippen molar-refractivity contribution in [3.63, 3.8) is 0 Å². The van der Waals surface area contributed by atoms with Gasteiger partial charge in [0, 0.05) is 10.6 Å². The normalized spacial score (nSPS) is 16.5. The van der Waals surface area contributed by atoms with Crippen LogP contribution < -0.4 is 0 Å². The minimum absolute atomic E-state index is 0.774. The second kappa shape index (κ2) is 3.84. The van der Waals surface area contributed by atoms with E-state index < -0.39 is 0 Å². The molecule has 0 N–H and O–H groups in total. The van der Waals surface area contributed by atoms with E-state index in [1.54, 1.807) is 0 Å². The fourth-order valence-electron chi connectivity index (χ4n) is 1.15. The summed E-state index contributed by atoms with van der Waals surface area (Å²) in [6.45, 7) is 2.12. The summed E-state index contributed by atoms with van der Waals surface area (Å²) < 4.78 is 0. The second-order valence-electron chi connectivity index (χ2n) is 2.51. The predicted octanol–water partition coefficient (Wildman–Crippen LogP) is 3.31. The maximum Gasteiger partial charge on any atom is 0.0335 e. The Morgan fingerprint density at radius 1 is 1.73 bits per heavy atom. The van der Waals surface area contributed by atoms with Gasteiger partial charge in [-0.1, -0.05) is 29.8 Å². The van der Waals surface area contributed by atoms with Crippen molar-refractivity contribution in [3.8, 4) is 0 Å². The van der Waals surface area contributed by atoms with Gasteiger partial charge in [0.1, 0.15) is 0 Å². The zero-order valence-electron chi connectivity index (χ0n) is 6.62. The van der Waals surface area contributed by atoms with Crippen LogP contribution in [0.25, 0.3) is 10.4 Å². The summed E-state index contributed by atoms with van der Waals surface area (Å²) in [5.41, 5.74) is 10.3. The van der Waals surface area contributed by atoms with E-state index >= 15 is 0 Å². The summed E-state index contributed by atoms with van der Waals surface area (Å²) in [6.07, 6.45) is 7.12. The molecule has 0 heterocycles. The van der Waals surface area contributed by atoms with Gasteiger partial charge >= 0.3 is 0 Å². The molecule has 3 heteroatoms. The van der Waals surface area contributed by atoms with Gasteiger partial charge in [-0.05, 0) is 24.8 Å². The van der Waals surface area contributed by atoms with E-state index in [2.05, 4.69) is 16.9 Å². The lowest BCUT2D eigenvalue weighted by molar-refractivity contribution is 0.880. The Bertz CT molecular complexity index is 244. The highest BCUT2D eigenvalue weighted by molar-refractivity contribution is 5.26. The van der Waals surface area contributed by atoms with Crippen molar-refractivity contribution in [1.82, 2.24) is 0 Å². The molecule has 1 aliphatic rings. The van der Waals surface area contributed by atoms with E-state index in [0.29, 0.717) is 0 Å². The predicted molar refractivity (Wildman–Crippen MR) is 44.8 cm³/mol. The van der Waals surface area contributed by atoms with Crippen molar-refractivity contribution in [3.05, 3.63) is 33.9 Å². The van der Waals surface area contributed by atoms with Crippen molar-refractivity contribution in [2.24, 2.45) is 5.11 Å². The molecule has 0 aromatic rings. The SMILES string of the molecule is CCC1=CC(N=[N+]=[N-])=CCC1. The molecular formula is C8H11N3. The zero-order valence-corrected chi connectivity index (χ0v) is 6.62. The van der Waals surface area contributed by atoms with Gasteiger partial charge in [-0.2, -0.15) is 0 Å². The van der Waals surface area contributed by atoms with Gasteiger partial charge in [0.05, 0.1) is 0 Å². The van der Waals surface area contributed by atoms with Crippen LogP contribution in [0, 0.1) is 0 Å². The van der Waals surface area contributed by atoms with Crippen LogP contribution in [-0.4, -0.2) is 0 Å². The number of allylic oxidation sites excluding steroid dienone is 3. The van der Waals surface area contributed by atoms with Crippen molar-refractivity contribution < 1.29 is 0 Å². The van der Waals surface area contributed by atoms with E-state index in [9.17, 15) is 0 Å². The lowest BCUT2D eigenvalue weighted by Crippen LogP contribution is -1.88. The molecule has 0 atom stereocenters. The maximum absolute atomic E-state index is 8.17. The van der Waals surface area contributed by atoms with Crippen LogP contribution in [0.5, 0.6) is 0 Å². The first-order chi connectivity index (χ1) is 5.36. The highest BCUT2D eigenvalue weighted by Crippen LogP contribution is 2.20. The van der Waals surface area contributed by atoms with Gasteiger partial charge < -0.3 is 0 Å². The Balaban J connectivity index is 2.75. The van der Waals surface area contributed by atoms with Crippen LogP contribution in [0.15, 0.2) is 28.5 Å². The van der Waals surface area contributed by atoms with Gasteiger partial charge in [-0.15, -0.1) is 0 Å². The first-order valence-electron chi connectivity index (χ1n) is 3.81. The molecule has 0 saturated carbocycles. The molecule has 1 rings (SSSR count). The average Bonchev–Trinajstić information content (AvgIpc) is 2.06. The van der Waals surface area contributed by atoms with Crippen molar-refractivity contribution >= 4 is 0 Å². The molecule has 0 aromatic heterocycles. The van der Waals surface area contributed by atoms with Gasteiger partial charge in [0.2, 0.25) is 0 Å². The Labute approximate surface area is 66.0 Å². The number of rotatable bonds is 2. The Kier molecular flexibility index (Phi) is 2.75. The van der Waals surface area contributed by atoms with Gasteiger partial charge in [-0.25, -0.2) is 0 Å². The lowest BCUT2D eigenvalue weighted by atomic mass is 10.0. The highest BCUT2D eigenvalue weighted by Gasteiger charge is 2.00. The van der Waals surface area contributed by atoms with Gasteiger partial charge in [0.25, 0.3) is 0 Å². The zero-order chi connectivity index (χ0) is 8.10. The van der Waals surface area contributed by atoms with Crippen LogP contribution in [0.2, 0.25) is 0 Å². The summed E-state index contributed by atoms with van der Waals surface area (Å²) in [7, 11) is 0. The molecule has 0 spiro atoms. The van der Waals surface area contributed by atoms with E-state index in [1.165, 1.54) is 5.57 Å². The van der Waals surface area contributed by atoms with Crippen molar-refractivity contribution in [1.29, 1.82) is 0 Å². The molecular weight excluding hydrogens is 138 g/mol. The Hall–Kier alpha value is -1.21. The topological polar surface area (TPSA) is 48.8 Å². The summed E-state index contributed by atoms with van der Waals surface area (Å²) in [5, 5.41) is 3.55. The molecule has 0 unspecified atom stereocenters. The molecule has 0 saturated heterocycles. The first-order valence-corrected chi connectivity index (χ1v) is 3.81. The molecule has 0 aliphatic heterocycles. The van der Waals surface area contributed by atoms with Crippen LogP contribution in [0.4, 0.5) is 0 Å². The first kappa shape index (κ1) is 7.89. The summed E-state index contributed by atoms with van der Waals surface area (Å²) in [4.78, 5) is 2.74. The lowest BCUT2D eigenvalue weighted by Gasteiger charge is -2.07. The van der Waals surface area contributed by atoms with E-state index in [-0.39, 0.29) is 0 Å². The number of nitrogens with zero attached hydrogens (tertiary/aromatic N) is 3. The molecule has 0 bridgehead atoms. The smallest absolute Gasteiger partial charge is 0.0335 e. The summed E-state index contributed by atoms with van der Waals surface area (Å²) in [5.74, 6) is 0. The van der Waals surface area contributed by atoms with E-state index in [4.69, 9.17) is 5.53 Å². The number of azide groups is 1. The summed E-state index contributed by atoms with van der Waals surface area (Å²) >= 11 is 0. The largest absolute Gasteiger partial charge is 0.0747 e. The molecule has 3 nitrogen and oxygen atoms in total. The minimum Gasteiger partial charge on any atom is -0.0747 e. The summed E-state index contributed by atoms with van der Waals surface area (Å²) in [6, 6.07) is 0. The molecule has 0 fully saturated rings. The van der Waals surface area contributed by atoms with Crippen LogP contribution >= 0.6 is 0 Å². The number of hydrogen-bond acceptors (Lipinski definition) is 1. The molecule has 0 aromatic carbocycles. The Morgan fingerprint density at radius 3 is 3.18 bits per heavy atom. The van der Waals surface area contributed by atoms with Gasteiger partial charge in [-0.3, -0.25) is 0 Å². The van der Waals surface area contributed by atoms with Crippen molar-refractivity contribution in [2.45, 2.75) is 26.2 Å². The number of hydrogen-bond donors (Lipinski definition) is 0. The van der Waals surface area contributed by atoms with Crippen LogP contribution in [0.1, 0.15) is 26.2 Å².